The summed E-state index contributed by atoms with van der Waals surface area (Å²) in [6, 6.07) is 7.79. The lowest BCUT2D eigenvalue weighted by Crippen LogP contribution is -2.41. The van der Waals surface area contributed by atoms with Gasteiger partial charge in [-0.1, -0.05) is 39.9 Å². The Hall–Kier alpha value is -1.69. The second-order valence-corrected chi connectivity index (χ2v) is 11.5. The molecule has 0 aliphatic carbocycles. The van der Waals surface area contributed by atoms with Crippen molar-refractivity contribution in [1.82, 2.24) is 14.5 Å². The molecule has 13 heteroatoms. The number of thiophene rings is 1. The Morgan fingerprint density at radius 3 is 2.55 bits per heavy atom. The first-order chi connectivity index (χ1) is 14.7. The molecule has 0 radical (unpaired) electrons. The summed E-state index contributed by atoms with van der Waals surface area (Å²) in [5.41, 5.74) is 0.453. The molecule has 31 heavy (non-hydrogen) atoms. The predicted molar refractivity (Wildman–Crippen MR) is 119 cm³/mol. The number of nitrogens with zero attached hydrogens (tertiary/aromatic N) is 3. The molecule has 1 amide bonds. The highest BCUT2D eigenvalue weighted by Gasteiger charge is 2.33. The highest BCUT2D eigenvalue weighted by molar-refractivity contribution is 7.91. The van der Waals surface area contributed by atoms with Crippen LogP contribution in [0.4, 0.5) is 6.01 Å². The highest BCUT2D eigenvalue weighted by atomic mass is 35.5. The number of aromatic nitrogens is 2. The minimum atomic E-state index is -3.61. The lowest BCUT2D eigenvalue weighted by atomic mass is 9.97. The van der Waals surface area contributed by atoms with Crippen LogP contribution in [0.25, 0.3) is 11.5 Å². The zero-order valence-electron chi connectivity index (χ0n) is 15.7. The van der Waals surface area contributed by atoms with Crippen molar-refractivity contribution in [2.45, 2.75) is 17.1 Å². The molecule has 2 aromatic heterocycles. The Labute approximate surface area is 197 Å². The maximum absolute atomic E-state index is 12.7. The van der Waals surface area contributed by atoms with Crippen LogP contribution in [0, 0.1) is 5.92 Å². The first-order valence-electron chi connectivity index (χ1n) is 9.09. The number of piperidine rings is 1. The van der Waals surface area contributed by atoms with Crippen molar-refractivity contribution in [2.24, 2.45) is 5.92 Å². The molecule has 4 rings (SSSR count). The van der Waals surface area contributed by atoms with Crippen LogP contribution in [0.5, 0.6) is 0 Å². The maximum atomic E-state index is 12.7. The smallest absolute Gasteiger partial charge is 0.322 e. The topological polar surface area (TPSA) is 105 Å². The van der Waals surface area contributed by atoms with Gasteiger partial charge in [0.1, 0.15) is 4.21 Å². The van der Waals surface area contributed by atoms with E-state index in [1.165, 1.54) is 10.4 Å². The van der Waals surface area contributed by atoms with Crippen LogP contribution in [0.3, 0.4) is 0 Å². The molecule has 1 aliphatic heterocycles. The van der Waals surface area contributed by atoms with Gasteiger partial charge in [-0.3, -0.25) is 10.1 Å². The van der Waals surface area contributed by atoms with Gasteiger partial charge in [0, 0.05) is 24.0 Å². The van der Waals surface area contributed by atoms with Gasteiger partial charge >= 0.3 is 6.01 Å². The normalized spacial score (nSPS) is 15.8. The largest absolute Gasteiger partial charge is 0.403 e. The Balaban J connectivity index is 1.38. The number of hydrogen-bond acceptors (Lipinski definition) is 7. The van der Waals surface area contributed by atoms with Crippen LogP contribution in [-0.4, -0.2) is 41.9 Å². The van der Waals surface area contributed by atoms with Crippen molar-refractivity contribution in [1.29, 1.82) is 0 Å². The standard InChI is InChI=1S/C18H15Cl3N4O4S2/c19-11-1-2-13(20)12(9-11)17-23-24-18(29-17)22-16(26)10-5-7-25(8-6-10)31(27,28)15-4-3-14(21)30-15/h1-4,9-10H,5-8H2,(H,22,24,26). The molecule has 0 spiro atoms. The average Bonchev–Trinajstić information content (AvgIpc) is 3.39. The fraction of sp³-hybridized carbons (Fsp3) is 0.278. The summed E-state index contributed by atoms with van der Waals surface area (Å²) in [6.07, 6.45) is 0.733. The molecule has 1 saturated heterocycles. The van der Waals surface area contributed by atoms with Crippen molar-refractivity contribution in [3.63, 3.8) is 0 Å². The lowest BCUT2D eigenvalue weighted by molar-refractivity contribution is -0.121. The molecular weight excluding hydrogens is 507 g/mol. The zero-order chi connectivity index (χ0) is 22.2. The Kier molecular flexibility index (Phi) is 6.57. The van der Waals surface area contributed by atoms with E-state index in [2.05, 4.69) is 15.5 Å². The second-order valence-electron chi connectivity index (χ2n) is 6.76. The zero-order valence-corrected chi connectivity index (χ0v) is 19.6. The van der Waals surface area contributed by atoms with Crippen LogP contribution >= 0.6 is 46.1 Å². The number of anilines is 1. The minimum Gasteiger partial charge on any atom is -0.403 e. The average molecular weight is 522 g/mol. The Bertz CT molecular complexity index is 1220. The molecule has 3 heterocycles. The Morgan fingerprint density at radius 1 is 1.13 bits per heavy atom. The van der Waals surface area contributed by atoms with Crippen molar-refractivity contribution < 1.29 is 17.6 Å². The lowest BCUT2D eigenvalue weighted by Gasteiger charge is -2.29. The Morgan fingerprint density at radius 2 is 1.87 bits per heavy atom. The number of carbonyl (C=O) groups is 1. The summed E-state index contributed by atoms with van der Waals surface area (Å²) in [6.45, 7) is 0.451. The number of carbonyl (C=O) groups excluding carboxylic acids is 1. The SMILES string of the molecule is O=C(Nc1nnc(-c2cc(Cl)ccc2Cl)o1)C1CCN(S(=O)(=O)c2ccc(Cl)s2)CC1. The third-order valence-corrected chi connectivity index (χ3v) is 8.94. The first kappa shape index (κ1) is 22.5. The van der Waals surface area contributed by atoms with Crippen molar-refractivity contribution >= 4 is 68.1 Å². The summed E-state index contributed by atoms with van der Waals surface area (Å²) in [7, 11) is -3.61. The highest BCUT2D eigenvalue weighted by Crippen LogP contribution is 2.32. The summed E-state index contributed by atoms with van der Waals surface area (Å²) in [4.78, 5) is 12.6. The van der Waals surface area contributed by atoms with Gasteiger partial charge in [-0.2, -0.15) is 4.31 Å². The van der Waals surface area contributed by atoms with Crippen molar-refractivity contribution in [2.75, 3.05) is 18.4 Å². The van der Waals surface area contributed by atoms with Gasteiger partial charge in [-0.05, 0) is 43.2 Å². The number of nitrogens with one attached hydrogen (secondary N) is 1. The van der Waals surface area contributed by atoms with E-state index in [1.807, 2.05) is 0 Å². The molecule has 8 nitrogen and oxygen atoms in total. The molecule has 0 unspecified atom stereocenters. The second kappa shape index (κ2) is 9.05. The minimum absolute atomic E-state index is 0.0701. The third-order valence-electron chi connectivity index (χ3n) is 4.78. The number of amides is 1. The van der Waals surface area contributed by atoms with E-state index < -0.39 is 10.0 Å². The molecule has 0 saturated carbocycles. The van der Waals surface area contributed by atoms with Gasteiger partial charge in [0.25, 0.3) is 15.9 Å². The van der Waals surface area contributed by atoms with E-state index >= 15 is 0 Å². The van der Waals surface area contributed by atoms with Gasteiger partial charge in [0.2, 0.25) is 5.91 Å². The van der Waals surface area contributed by atoms with E-state index in [-0.39, 0.29) is 41.0 Å². The van der Waals surface area contributed by atoms with Gasteiger partial charge in [0.05, 0.1) is 14.9 Å². The van der Waals surface area contributed by atoms with Gasteiger partial charge < -0.3 is 4.42 Å². The number of benzene rings is 1. The third kappa shape index (κ3) is 4.89. The molecule has 0 bridgehead atoms. The van der Waals surface area contributed by atoms with Crippen LogP contribution in [0.2, 0.25) is 14.4 Å². The summed E-state index contributed by atoms with van der Waals surface area (Å²) >= 11 is 19.0. The summed E-state index contributed by atoms with van der Waals surface area (Å²) in [5.74, 6) is -0.578. The molecule has 3 aromatic rings. The molecule has 164 valence electrons. The maximum Gasteiger partial charge on any atom is 0.322 e. The van der Waals surface area contributed by atoms with E-state index in [4.69, 9.17) is 39.2 Å². The molecule has 1 aromatic carbocycles. The van der Waals surface area contributed by atoms with Crippen molar-refractivity contribution in [3.05, 3.63) is 44.7 Å². The van der Waals surface area contributed by atoms with Crippen molar-refractivity contribution in [3.8, 4) is 11.5 Å². The van der Waals surface area contributed by atoms with E-state index in [0.29, 0.717) is 32.8 Å². The molecule has 0 atom stereocenters. The quantitative estimate of drug-likeness (QED) is 0.517. The van der Waals surface area contributed by atoms with Gasteiger partial charge in [-0.25, -0.2) is 8.42 Å². The number of hydrogen-bond donors (Lipinski definition) is 1. The van der Waals surface area contributed by atoms with Gasteiger partial charge in [0.15, 0.2) is 0 Å². The van der Waals surface area contributed by atoms with Crippen LogP contribution in [0.15, 0.2) is 39.0 Å². The fourth-order valence-electron chi connectivity index (χ4n) is 3.17. The fourth-order valence-corrected chi connectivity index (χ4v) is 6.65. The molecule has 1 aliphatic rings. The monoisotopic (exact) mass is 520 g/mol. The van der Waals surface area contributed by atoms with E-state index in [1.54, 1.807) is 24.3 Å². The van der Waals surface area contributed by atoms with Crippen LogP contribution in [0.1, 0.15) is 12.8 Å². The van der Waals surface area contributed by atoms with Crippen LogP contribution in [-0.2, 0) is 14.8 Å². The predicted octanol–water partition coefficient (Wildman–Crippen LogP) is 4.80. The first-order valence-corrected chi connectivity index (χ1v) is 12.5. The summed E-state index contributed by atoms with van der Waals surface area (Å²) < 4.78 is 32.8. The van der Waals surface area contributed by atoms with Crippen LogP contribution < -0.4 is 5.32 Å². The van der Waals surface area contributed by atoms with E-state index in [0.717, 1.165) is 11.3 Å². The molecular formula is C18H15Cl3N4O4S2. The molecule has 1 N–H and O–H groups in total. The number of halogens is 3. The summed E-state index contributed by atoms with van der Waals surface area (Å²) in [5, 5.41) is 11.1. The number of sulfonamides is 1. The van der Waals surface area contributed by atoms with Gasteiger partial charge in [-0.15, -0.1) is 16.4 Å². The molecule has 1 fully saturated rings. The number of rotatable bonds is 5. The van der Waals surface area contributed by atoms with E-state index in [9.17, 15) is 13.2 Å².